The van der Waals surface area contributed by atoms with Crippen LogP contribution in [0, 0.1) is 17.2 Å². The van der Waals surface area contributed by atoms with E-state index in [4.69, 9.17) is 9.47 Å². The van der Waals surface area contributed by atoms with Crippen molar-refractivity contribution in [1.29, 1.82) is 0 Å². The molecule has 1 spiro atoms. The number of amides is 2. The Balaban J connectivity index is 1.36. The van der Waals surface area contributed by atoms with Gasteiger partial charge in [0.05, 0.1) is 37.0 Å². The monoisotopic (exact) mass is 433 g/mol. The summed E-state index contributed by atoms with van der Waals surface area (Å²) < 4.78 is 25.3. The number of carbonyl (C=O) groups is 3. The maximum atomic E-state index is 14.9. The van der Waals surface area contributed by atoms with E-state index in [1.807, 2.05) is 11.8 Å². The number of ether oxygens (including phenoxy) is 2. The first-order chi connectivity index (χ1) is 14.8. The third-order valence-corrected chi connectivity index (χ3v) is 6.56. The SMILES string of the molecule is CCOC(=O)C1CC12CCN(c1ccc(N3C[C@H](CNC(C)=O)OC3=O)cc1F)CC2. The highest BCUT2D eigenvalue weighted by Gasteiger charge is 2.59. The normalized spacial score (nSPS) is 24.2. The molecule has 1 aromatic rings. The fraction of sp³-hybridized carbons (Fsp3) is 0.591. The molecule has 31 heavy (non-hydrogen) atoms. The quantitative estimate of drug-likeness (QED) is 0.694. The van der Waals surface area contributed by atoms with E-state index in [2.05, 4.69) is 5.32 Å². The van der Waals surface area contributed by atoms with Gasteiger partial charge in [0, 0.05) is 20.0 Å². The highest BCUT2D eigenvalue weighted by molar-refractivity contribution is 5.90. The average Bonchev–Trinajstić information content (AvgIpc) is 3.30. The van der Waals surface area contributed by atoms with Gasteiger partial charge in [-0.05, 0) is 49.8 Å². The Bertz CT molecular complexity index is 884. The van der Waals surface area contributed by atoms with Crippen molar-refractivity contribution in [3.8, 4) is 0 Å². The molecular formula is C22H28FN3O5. The van der Waals surface area contributed by atoms with Gasteiger partial charge in [0.25, 0.3) is 0 Å². The van der Waals surface area contributed by atoms with Crippen molar-refractivity contribution < 1.29 is 28.2 Å². The van der Waals surface area contributed by atoms with Crippen molar-refractivity contribution in [2.24, 2.45) is 11.3 Å². The zero-order valence-electron chi connectivity index (χ0n) is 17.9. The van der Waals surface area contributed by atoms with Crippen LogP contribution in [0.25, 0.3) is 0 Å². The molecule has 1 N–H and O–H groups in total. The van der Waals surface area contributed by atoms with Crippen molar-refractivity contribution in [2.75, 3.05) is 42.6 Å². The van der Waals surface area contributed by atoms with E-state index in [0.717, 1.165) is 19.3 Å². The standard InChI is InChI=1S/C22H28FN3O5/c1-3-30-20(28)17-11-22(17)6-8-25(9-7-22)19-5-4-15(10-18(19)23)26-13-16(31-21(26)29)12-24-14(2)27/h4-5,10,16-17H,3,6-9,11-13H2,1-2H3,(H,24,27)/t16-,17?/m0/s1. The van der Waals surface area contributed by atoms with Crippen LogP contribution in [-0.4, -0.2) is 56.9 Å². The van der Waals surface area contributed by atoms with Crippen LogP contribution in [0.4, 0.5) is 20.6 Å². The van der Waals surface area contributed by atoms with Crippen LogP contribution in [0.5, 0.6) is 0 Å². The van der Waals surface area contributed by atoms with Crippen LogP contribution in [0.1, 0.15) is 33.1 Å². The number of anilines is 2. The average molecular weight is 433 g/mol. The second-order valence-corrected chi connectivity index (χ2v) is 8.55. The van der Waals surface area contributed by atoms with Crippen LogP contribution in [0.15, 0.2) is 18.2 Å². The van der Waals surface area contributed by atoms with Crippen molar-refractivity contribution in [1.82, 2.24) is 5.32 Å². The molecule has 1 saturated carbocycles. The molecule has 2 atom stereocenters. The minimum absolute atomic E-state index is 0.0153. The third-order valence-electron chi connectivity index (χ3n) is 6.56. The summed E-state index contributed by atoms with van der Waals surface area (Å²) in [5.74, 6) is -0.730. The summed E-state index contributed by atoms with van der Waals surface area (Å²) in [6.45, 7) is 5.43. The molecule has 2 amide bonds. The number of benzene rings is 1. The van der Waals surface area contributed by atoms with Crippen LogP contribution in [-0.2, 0) is 19.1 Å². The largest absolute Gasteiger partial charge is 0.466 e. The molecule has 2 saturated heterocycles. The predicted molar refractivity (Wildman–Crippen MR) is 111 cm³/mol. The van der Waals surface area contributed by atoms with E-state index in [1.54, 1.807) is 12.1 Å². The summed E-state index contributed by atoms with van der Waals surface area (Å²) in [7, 11) is 0. The molecule has 1 aromatic carbocycles. The number of hydrogen-bond donors (Lipinski definition) is 1. The molecule has 0 radical (unpaired) electrons. The highest BCUT2D eigenvalue weighted by atomic mass is 19.1. The summed E-state index contributed by atoms with van der Waals surface area (Å²) in [4.78, 5) is 38.6. The molecule has 2 heterocycles. The zero-order valence-corrected chi connectivity index (χ0v) is 17.9. The Morgan fingerprint density at radius 2 is 2.06 bits per heavy atom. The molecule has 8 nitrogen and oxygen atoms in total. The smallest absolute Gasteiger partial charge is 0.414 e. The number of nitrogens with zero attached hydrogens (tertiary/aromatic N) is 2. The van der Waals surface area contributed by atoms with E-state index in [-0.39, 0.29) is 36.3 Å². The maximum Gasteiger partial charge on any atom is 0.414 e. The number of hydrogen-bond acceptors (Lipinski definition) is 6. The molecule has 3 fully saturated rings. The van der Waals surface area contributed by atoms with Gasteiger partial charge in [-0.3, -0.25) is 14.5 Å². The first-order valence-corrected chi connectivity index (χ1v) is 10.8. The van der Waals surface area contributed by atoms with Crippen LogP contribution in [0.2, 0.25) is 0 Å². The molecule has 1 unspecified atom stereocenters. The van der Waals surface area contributed by atoms with Crippen molar-refractivity contribution in [3.05, 3.63) is 24.0 Å². The van der Waals surface area contributed by atoms with E-state index in [0.29, 0.717) is 31.1 Å². The van der Waals surface area contributed by atoms with E-state index >= 15 is 0 Å². The fourth-order valence-electron chi connectivity index (χ4n) is 4.69. The Hall–Kier alpha value is -2.84. The summed E-state index contributed by atoms with van der Waals surface area (Å²) in [6.07, 6.45) is 1.50. The first kappa shape index (κ1) is 21.4. The minimum Gasteiger partial charge on any atom is -0.466 e. The summed E-state index contributed by atoms with van der Waals surface area (Å²) >= 11 is 0. The van der Waals surface area contributed by atoms with Crippen molar-refractivity contribution in [2.45, 2.75) is 39.2 Å². The van der Waals surface area contributed by atoms with E-state index in [9.17, 15) is 18.8 Å². The van der Waals surface area contributed by atoms with E-state index in [1.165, 1.54) is 17.9 Å². The van der Waals surface area contributed by atoms with Gasteiger partial charge in [0.15, 0.2) is 0 Å². The lowest BCUT2D eigenvalue weighted by Crippen LogP contribution is -2.36. The molecular weight excluding hydrogens is 405 g/mol. The first-order valence-electron chi connectivity index (χ1n) is 10.8. The summed E-state index contributed by atoms with van der Waals surface area (Å²) in [5, 5.41) is 2.62. The second-order valence-electron chi connectivity index (χ2n) is 8.55. The minimum atomic E-state index is -0.554. The number of cyclic esters (lactones) is 1. The van der Waals surface area contributed by atoms with Crippen molar-refractivity contribution >= 4 is 29.3 Å². The number of esters is 1. The molecule has 3 aliphatic rings. The number of carbonyl (C=O) groups excluding carboxylic acids is 3. The van der Waals surface area contributed by atoms with Crippen molar-refractivity contribution in [3.63, 3.8) is 0 Å². The molecule has 0 aromatic heterocycles. The summed E-state index contributed by atoms with van der Waals surface area (Å²) in [5.41, 5.74) is 0.936. The highest BCUT2D eigenvalue weighted by Crippen LogP contribution is 2.60. The lowest BCUT2D eigenvalue weighted by molar-refractivity contribution is -0.145. The predicted octanol–water partition coefficient (Wildman–Crippen LogP) is 2.46. The van der Waals surface area contributed by atoms with Gasteiger partial charge < -0.3 is 19.7 Å². The molecule has 168 valence electrons. The topological polar surface area (TPSA) is 88.2 Å². The second kappa shape index (κ2) is 8.36. The lowest BCUT2D eigenvalue weighted by atomic mass is 9.90. The Labute approximate surface area is 180 Å². The van der Waals surface area contributed by atoms with Crippen LogP contribution in [0.3, 0.4) is 0 Å². The number of piperidine rings is 1. The van der Waals surface area contributed by atoms with Gasteiger partial charge in [-0.1, -0.05) is 0 Å². The number of rotatable bonds is 6. The van der Waals surface area contributed by atoms with Gasteiger partial charge in [-0.25, -0.2) is 9.18 Å². The third kappa shape index (κ3) is 4.31. The Morgan fingerprint density at radius 1 is 1.32 bits per heavy atom. The molecule has 4 rings (SSSR count). The van der Waals surface area contributed by atoms with Gasteiger partial charge in [-0.2, -0.15) is 0 Å². The Kier molecular flexibility index (Phi) is 5.77. The molecule has 1 aliphatic carbocycles. The van der Waals surface area contributed by atoms with Gasteiger partial charge in [-0.15, -0.1) is 0 Å². The Morgan fingerprint density at radius 3 is 2.71 bits per heavy atom. The molecule has 0 bridgehead atoms. The lowest BCUT2D eigenvalue weighted by Gasteiger charge is -2.34. The molecule has 2 aliphatic heterocycles. The maximum absolute atomic E-state index is 14.9. The van der Waals surface area contributed by atoms with Crippen LogP contribution >= 0.6 is 0 Å². The summed E-state index contributed by atoms with van der Waals surface area (Å²) in [6, 6.07) is 4.75. The number of nitrogens with one attached hydrogen (secondary N) is 1. The van der Waals surface area contributed by atoms with E-state index < -0.39 is 18.0 Å². The van der Waals surface area contributed by atoms with Crippen LogP contribution < -0.4 is 15.1 Å². The molecule has 9 heteroatoms. The van der Waals surface area contributed by atoms with Gasteiger partial charge in [0.2, 0.25) is 5.91 Å². The van der Waals surface area contributed by atoms with Gasteiger partial charge >= 0.3 is 12.1 Å². The van der Waals surface area contributed by atoms with Gasteiger partial charge in [0.1, 0.15) is 11.9 Å². The zero-order chi connectivity index (χ0) is 22.2. The fourth-order valence-corrected chi connectivity index (χ4v) is 4.69. The number of halogens is 1.